The number of nitrogens with one attached hydrogen (secondary N) is 1. The lowest BCUT2D eigenvalue weighted by Crippen LogP contribution is -2.33. The molecule has 1 aliphatic carbocycles. The van der Waals surface area contributed by atoms with Gasteiger partial charge in [-0.25, -0.2) is 8.78 Å². The molecule has 1 aliphatic rings. The first-order valence-electron chi connectivity index (χ1n) is 7.30. The first-order chi connectivity index (χ1) is 9.19. The number of benzene rings is 1. The monoisotopic (exact) mass is 267 g/mol. The lowest BCUT2D eigenvalue weighted by atomic mass is 9.72. The second kappa shape index (κ2) is 6.47. The Morgan fingerprint density at radius 1 is 1.21 bits per heavy atom. The molecule has 106 valence electrons. The van der Waals surface area contributed by atoms with E-state index < -0.39 is 11.6 Å². The molecule has 0 heterocycles. The number of halogens is 2. The SMILES string of the molecule is CCC1CCCCC1C(NC)c1c(F)cccc1F. The lowest BCUT2D eigenvalue weighted by molar-refractivity contribution is 0.175. The minimum Gasteiger partial charge on any atom is -0.313 e. The summed E-state index contributed by atoms with van der Waals surface area (Å²) in [5.74, 6) is 0.0277. The van der Waals surface area contributed by atoms with Gasteiger partial charge in [0.1, 0.15) is 11.6 Å². The van der Waals surface area contributed by atoms with Gasteiger partial charge in [-0.2, -0.15) is 0 Å². The van der Waals surface area contributed by atoms with Crippen LogP contribution in [0.4, 0.5) is 8.78 Å². The van der Waals surface area contributed by atoms with Gasteiger partial charge in [0.05, 0.1) is 0 Å². The quantitative estimate of drug-likeness (QED) is 0.850. The van der Waals surface area contributed by atoms with Crippen LogP contribution < -0.4 is 5.32 Å². The summed E-state index contributed by atoms with van der Waals surface area (Å²) < 4.78 is 28.0. The summed E-state index contributed by atoms with van der Waals surface area (Å²) in [5.41, 5.74) is 0.218. The second-order valence-electron chi connectivity index (χ2n) is 5.52. The molecule has 1 nitrogen and oxygen atoms in total. The topological polar surface area (TPSA) is 12.0 Å². The zero-order chi connectivity index (χ0) is 13.8. The molecule has 0 bridgehead atoms. The van der Waals surface area contributed by atoms with Crippen LogP contribution in [0.3, 0.4) is 0 Å². The van der Waals surface area contributed by atoms with Gasteiger partial charge in [0.2, 0.25) is 0 Å². The summed E-state index contributed by atoms with van der Waals surface area (Å²) in [7, 11) is 1.80. The summed E-state index contributed by atoms with van der Waals surface area (Å²) in [5, 5.41) is 3.15. The maximum Gasteiger partial charge on any atom is 0.130 e. The molecular formula is C16H23F2N. The van der Waals surface area contributed by atoms with Gasteiger partial charge in [0, 0.05) is 11.6 Å². The lowest BCUT2D eigenvalue weighted by Gasteiger charge is -2.37. The molecule has 1 fully saturated rings. The van der Waals surface area contributed by atoms with Crippen LogP contribution in [-0.4, -0.2) is 7.05 Å². The van der Waals surface area contributed by atoms with Crippen molar-refractivity contribution < 1.29 is 8.78 Å². The molecule has 1 saturated carbocycles. The first kappa shape index (κ1) is 14.4. The molecule has 0 aliphatic heterocycles. The van der Waals surface area contributed by atoms with Crippen molar-refractivity contribution >= 4 is 0 Å². The van der Waals surface area contributed by atoms with Crippen LogP contribution in [0.2, 0.25) is 0 Å². The van der Waals surface area contributed by atoms with Gasteiger partial charge in [-0.15, -0.1) is 0 Å². The first-order valence-corrected chi connectivity index (χ1v) is 7.30. The average molecular weight is 267 g/mol. The van der Waals surface area contributed by atoms with Crippen molar-refractivity contribution in [1.82, 2.24) is 5.32 Å². The van der Waals surface area contributed by atoms with Gasteiger partial charge in [-0.3, -0.25) is 0 Å². The molecule has 19 heavy (non-hydrogen) atoms. The Balaban J connectivity index is 2.33. The van der Waals surface area contributed by atoms with Crippen LogP contribution in [0.5, 0.6) is 0 Å². The maximum absolute atomic E-state index is 14.0. The fourth-order valence-electron chi connectivity index (χ4n) is 3.56. The molecule has 0 spiro atoms. The van der Waals surface area contributed by atoms with Crippen LogP contribution >= 0.6 is 0 Å². The van der Waals surface area contributed by atoms with Crippen LogP contribution in [0.25, 0.3) is 0 Å². The minimum atomic E-state index is -0.431. The fraction of sp³-hybridized carbons (Fsp3) is 0.625. The Morgan fingerprint density at radius 3 is 2.42 bits per heavy atom. The summed E-state index contributed by atoms with van der Waals surface area (Å²) in [6.07, 6.45) is 5.72. The Bertz CT molecular complexity index is 399. The van der Waals surface area contributed by atoms with Gasteiger partial charge in [0.25, 0.3) is 0 Å². The van der Waals surface area contributed by atoms with Crippen LogP contribution in [0.1, 0.15) is 50.6 Å². The van der Waals surface area contributed by atoms with Crippen molar-refractivity contribution in [3.05, 3.63) is 35.4 Å². The van der Waals surface area contributed by atoms with E-state index in [-0.39, 0.29) is 11.6 Å². The number of rotatable bonds is 4. The molecule has 1 aromatic carbocycles. The smallest absolute Gasteiger partial charge is 0.130 e. The van der Waals surface area contributed by atoms with Crippen molar-refractivity contribution in [3.8, 4) is 0 Å². The predicted octanol–water partition coefficient (Wildman–Crippen LogP) is 4.44. The van der Waals surface area contributed by atoms with Crippen molar-refractivity contribution in [3.63, 3.8) is 0 Å². The molecule has 3 atom stereocenters. The predicted molar refractivity (Wildman–Crippen MR) is 73.9 cm³/mol. The van der Waals surface area contributed by atoms with E-state index in [1.807, 2.05) is 0 Å². The van der Waals surface area contributed by atoms with Crippen molar-refractivity contribution in [2.24, 2.45) is 11.8 Å². The van der Waals surface area contributed by atoms with E-state index in [0.29, 0.717) is 11.8 Å². The zero-order valence-corrected chi connectivity index (χ0v) is 11.8. The standard InChI is InChI=1S/C16H23F2N/c1-3-11-7-4-5-8-12(11)16(19-2)15-13(17)9-6-10-14(15)18/h6,9-12,16,19H,3-5,7-8H2,1-2H3. The molecule has 3 heteroatoms. The summed E-state index contributed by atoms with van der Waals surface area (Å²) in [6.45, 7) is 2.17. The van der Waals surface area contributed by atoms with Crippen LogP contribution in [-0.2, 0) is 0 Å². The van der Waals surface area contributed by atoms with E-state index >= 15 is 0 Å². The summed E-state index contributed by atoms with van der Waals surface area (Å²) in [6, 6.07) is 3.92. The van der Waals surface area contributed by atoms with E-state index in [1.165, 1.54) is 31.0 Å². The van der Waals surface area contributed by atoms with Crippen molar-refractivity contribution in [2.75, 3.05) is 7.05 Å². The van der Waals surface area contributed by atoms with Crippen LogP contribution in [0.15, 0.2) is 18.2 Å². The molecule has 1 N–H and O–H groups in total. The van der Waals surface area contributed by atoms with Gasteiger partial charge in [0.15, 0.2) is 0 Å². The third-order valence-electron chi connectivity index (χ3n) is 4.54. The minimum absolute atomic E-state index is 0.216. The number of hydrogen-bond acceptors (Lipinski definition) is 1. The highest BCUT2D eigenvalue weighted by atomic mass is 19.1. The molecule has 0 aromatic heterocycles. The second-order valence-corrected chi connectivity index (χ2v) is 5.52. The molecule has 3 unspecified atom stereocenters. The van der Waals surface area contributed by atoms with E-state index in [0.717, 1.165) is 19.3 Å². The van der Waals surface area contributed by atoms with Gasteiger partial charge < -0.3 is 5.32 Å². The molecule has 2 rings (SSSR count). The van der Waals surface area contributed by atoms with Gasteiger partial charge >= 0.3 is 0 Å². The normalized spacial score (nSPS) is 25.3. The van der Waals surface area contributed by atoms with Gasteiger partial charge in [-0.1, -0.05) is 38.7 Å². The Kier molecular flexibility index (Phi) is 4.92. The molecular weight excluding hydrogens is 244 g/mol. The van der Waals surface area contributed by atoms with E-state index in [9.17, 15) is 8.78 Å². The highest BCUT2D eigenvalue weighted by Crippen LogP contribution is 2.41. The highest BCUT2D eigenvalue weighted by Gasteiger charge is 2.33. The highest BCUT2D eigenvalue weighted by molar-refractivity contribution is 5.24. The van der Waals surface area contributed by atoms with Crippen molar-refractivity contribution in [2.45, 2.75) is 45.1 Å². The maximum atomic E-state index is 14.0. The fourth-order valence-corrected chi connectivity index (χ4v) is 3.56. The average Bonchev–Trinajstić information content (AvgIpc) is 2.43. The summed E-state index contributed by atoms with van der Waals surface area (Å²) in [4.78, 5) is 0. The molecule has 1 aromatic rings. The zero-order valence-electron chi connectivity index (χ0n) is 11.8. The Hall–Kier alpha value is -0.960. The van der Waals surface area contributed by atoms with Crippen LogP contribution in [0, 0.1) is 23.5 Å². The molecule has 0 amide bonds. The van der Waals surface area contributed by atoms with E-state index in [4.69, 9.17) is 0 Å². The third kappa shape index (κ3) is 2.97. The van der Waals surface area contributed by atoms with E-state index in [1.54, 1.807) is 7.05 Å². The third-order valence-corrected chi connectivity index (χ3v) is 4.54. The Morgan fingerprint density at radius 2 is 1.84 bits per heavy atom. The summed E-state index contributed by atoms with van der Waals surface area (Å²) >= 11 is 0. The molecule has 0 radical (unpaired) electrons. The van der Waals surface area contributed by atoms with Crippen molar-refractivity contribution in [1.29, 1.82) is 0 Å². The number of hydrogen-bond donors (Lipinski definition) is 1. The largest absolute Gasteiger partial charge is 0.313 e. The Labute approximate surface area is 114 Å². The molecule has 0 saturated heterocycles. The van der Waals surface area contributed by atoms with E-state index in [2.05, 4.69) is 12.2 Å². The van der Waals surface area contributed by atoms with Gasteiger partial charge in [-0.05, 0) is 37.4 Å².